The van der Waals surface area contributed by atoms with E-state index >= 15 is 0 Å². The maximum absolute atomic E-state index is 14.3. The SMILES string of the molecule is CC(=O)C1C(c2ccc(Cl)cc2Cl)C2(C(=O)c3ccccc3C2=O)C2C=Cc3cc(C)ccc3N12. The van der Waals surface area contributed by atoms with Crippen molar-refractivity contribution in [2.24, 2.45) is 5.41 Å². The van der Waals surface area contributed by atoms with Gasteiger partial charge in [-0.3, -0.25) is 14.4 Å². The Balaban J connectivity index is 1.70. The van der Waals surface area contributed by atoms with Gasteiger partial charge in [-0.2, -0.15) is 0 Å². The Morgan fingerprint density at radius 1 is 0.943 bits per heavy atom. The molecule has 0 radical (unpaired) electrons. The van der Waals surface area contributed by atoms with Crippen molar-refractivity contribution in [1.29, 1.82) is 0 Å². The number of anilines is 1. The lowest BCUT2D eigenvalue weighted by Crippen LogP contribution is -2.48. The minimum atomic E-state index is -1.53. The highest BCUT2D eigenvalue weighted by atomic mass is 35.5. The Labute approximate surface area is 213 Å². The number of hydrogen-bond donors (Lipinski definition) is 0. The molecule has 6 heteroatoms. The predicted octanol–water partition coefficient (Wildman–Crippen LogP) is 6.32. The van der Waals surface area contributed by atoms with Crippen LogP contribution in [-0.2, 0) is 4.79 Å². The molecule has 2 aliphatic heterocycles. The third-order valence-electron chi connectivity index (χ3n) is 7.67. The van der Waals surface area contributed by atoms with Gasteiger partial charge in [-0.1, -0.05) is 77.3 Å². The first-order valence-electron chi connectivity index (χ1n) is 11.5. The molecule has 0 N–H and O–H groups in total. The van der Waals surface area contributed by atoms with Gasteiger partial charge in [0.25, 0.3) is 0 Å². The lowest BCUT2D eigenvalue weighted by molar-refractivity contribution is -0.118. The molecule has 3 aliphatic rings. The second-order valence-electron chi connectivity index (χ2n) is 9.55. The fraction of sp³-hybridized carbons (Fsp3) is 0.207. The first kappa shape index (κ1) is 22.3. The molecular weight excluding hydrogens is 481 g/mol. The van der Waals surface area contributed by atoms with Gasteiger partial charge in [0.2, 0.25) is 0 Å². The van der Waals surface area contributed by atoms with E-state index in [1.54, 1.807) is 42.5 Å². The number of aryl methyl sites for hydroxylation is 1. The van der Waals surface area contributed by atoms with E-state index in [0.29, 0.717) is 26.7 Å². The number of carbonyl (C=O) groups is 3. The molecule has 3 unspecified atom stereocenters. The van der Waals surface area contributed by atoms with E-state index in [-0.39, 0.29) is 17.3 Å². The zero-order valence-electron chi connectivity index (χ0n) is 19.1. The first-order valence-corrected chi connectivity index (χ1v) is 12.2. The van der Waals surface area contributed by atoms with Gasteiger partial charge >= 0.3 is 0 Å². The van der Waals surface area contributed by atoms with Crippen LogP contribution in [0.1, 0.15) is 50.2 Å². The zero-order chi connectivity index (χ0) is 24.6. The van der Waals surface area contributed by atoms with E-state index < -0.39 is 23.4 Å². The molecule has 0 amide bonds. The van der Waals surface area contributed by atoms with Crippen LogP contribution < -0.4 is 4.90 Å². The number of hydrogen-bond acceptors (Lipinski definition) is 4. The van der Waals surface area contributed by atoms with Crippen molar-refractivity contribution >= 4 is 52.3 Å². The Morgan fingerprint density at radius 2 is 1.63 bits per heavy atom. The third-order valence-corrected chi connectivity index (χ3v) is 8.24. The molecule has 1 saturated heterocycles. The van der Waals surface area contributed by atoms with E-state index in [1.165, 1.54) is 6.92 Å². The summed E-state index contributed by atoms with van der Waals surface area (Å²) in [4.78, 5) is 44.0. The molecule has 0 aromatic heterocycles. The second kappa shape index (κ2) is 7.64. The number of fused-ring (bicyclic) bond motifs is 5. The highest BCUT2D eigenvalue weighted by Gasteiger charge is 2.71. The van der Waals surface area contributed by atoms with Crippen LogP contribution in [0.2, 0.25) is 10.0 Å². The molecule has 1 fully saturated rings. The van der Waals surface area contributed by atoms with Crippen LogP contribution in [0, 0.1) is 12.3 Å². The van der Waals surface area contributed by atoms with E-state index in [9.17, 15) is 14.4 Å². The summed E-state index contributed by atoms with van der Waals surface area (Å²) in [7, 11) is 0. The number of Topliss-reactive ketones (excluding diaryl/α,β-unsaturated/α-hetero) is 3. The average molecular weight is 502 g/mol. The van der Waals surface area contributed by atoms with E-state index in [4.69, 9.17) is 23.2 Å². The minimum Gasteiger partial charge on any atom is -0.352 e. The van der Waals surface area contributed by atoms with Crippen molar-refractivity contribution in [1.82, 2.24) is 0 Å². The maximum Gasteiger partial charge on any atom is 0.180 e. The van der Waals surface area contributed by atoms with Crippen LogP contribution in [0.4, 0.5) is 5.69 Å². The monoisotopic (exact) mass is 501 g/mol. The van der Waals surface area contributed by atoms with Gasteiger partial charge in [-0.25, -0.2) is 0 Å². The highest BCUT2D eigenvalue weighted by molar-refractivity contribution is 6.36. The van der Waals surface area contributed by atoms with E-state index in [0.717, 1.165) is 16.8 Å². The predicted molar refractivity (Wildman–Crippen MR) is 138 cm³/mol. The fourth-order valence-corrected chi connectivity index (χ4v) is 6.87. The molecule has 6 rings (SSSR count). The van der Waals surface area contributed by atoms with Crippen LogP contribution in [-0.4, -0.2) is 29.4 Å². The highest BCUT2D eigenvalue weighted by Crippen LogP contribution is 2.61. The number of nitrogens with zero attached hydrogens (tertiary/aromatic N) is 1. The number of ketones is 3. The summed E-state index contributed by atoms with van der Waals surface area (Å²) < 4.78 is 0. The topological polar surface area (TPSA) is 54.5 Å². The van der Waals surface area contributed by atoms with E-state index in [2.05, 4.69) is 0 Å². The van der Waals surface area contributed by atoms with Gasteiger partial charge in [0.05, 0.1) is 12.1 Å². The van der Waals surface area contributed by atoms with Crippen molar-refractivity contribution in [3.05, 3.63) is 105 Å². The van der Waals surface area contributed by atoms with Crippen molar-refractivity contribution in [3.8, 4) is 0 Å². The van der Waals surface area contributed by atoms with Crippen LogP contribution in [0.3, 0.4) is 0 Å². The molecule has 2 heterocycles. The van der Waals surface area contributed by atoms with Crippen LogP contribution >= 0.6 is 23.2 Å². The first-order chi connectivity index (χ1) is 16.8. The van der Waals surface area contributed by atoms with Crippen LogP contribution in [0.5, 0.6) is 0 Å². The third kappa shape index (κ3) is 2.84. The summed E-state index contributed by atoms with van der Waals surface area (Å²) in [6.07, 6.45) is 3.86. The number of benzene rings is 3. The summed E-state index contributed by atoms with van der Waals surface area (Å²) in [5.41, 5.74) is 2.67. The fourth-order valence-electron chi connectivity index (χ4n) is 6.35. The molecule has 3 aromatic carbocycles. The lowest BCUT2D eigenvalue weighted by Gasteiger charge is -2.37. The minimum absolute atomic E-state index is 0.138. The smallest absolute Gasteiger partial charge is 0.180 e. The summed E-state index contributed by atoms with van der Waals surface area (Å²) in [5, 5.41) is 0.772. The van der Waals surface area contributed by atoms with Crippen LogP contribution in [0.25, 0.3) is 6.08 Å². The number of carbonyl (C=O) groups excluding carboxylic acids is 3. The standard InChI is InChI=1S/C29H21Cl2NO3/c1-15-7-11-23-17(13-15)8-12-24-29(27(34)19-5-3-4-6-20(19)28(29)35)25(26(16(2)33)32(23)24)21-10-9-18(30)14-22(21)31/h3-14,24-26H,1-2H3. The molecule has 1 aliphatic carbocycles. The maximum atomic E-state index is 14.3. The summed E-state index contributed by atoms with van der Waals surface area (Å²) >= 11 is 12.9. The number of rotatable bonds is 2. The van der Waals surface area contributed by atoms with Gasteiger partial charge in [-0.15, -0.1) is 0 Å². The second-order valence-corrected chi connectivity index (χ2v) is 10.4. The normalized spacial score (nSPS) is 23.4. The Hall–Kier alpha value is -3.21. The van der Waals surface area contributed by atoms with Gasteiger partial charge in [0.1, 0.15) is 5.41 Å². The van der Waals surface area contributed by atoms with Crippen molar-refractivity contribution in [2.45, 2.75) is 31.8 Å². The average Bonchev–Trinajstić information content (AvgIpc) is 3.26. The zero-order valence-corrected chi connectivity index (χ0v) is 20.6. The molecule has 4 nitrogen and oxygen atoms in total. The molecule has 3 atom stereocenters. The Morgan fingerprint density at radius 3 is 2.26 bits per heavy atom. The molecule has 0 saturated carbocycles. The molecular formula is C29H21Cl2NO3. The summed E-state index contributed by atoms with van der Waals surface area (Å²) in [5.74, 6) is -1.47. The van der Waals surface area contributed by atoms with Crippen molar-refractivity contribution < 1.29 is 14.4 Å². The van der Waals surface area contributed by atoms with Gasteiger partial charge in [0, 0.05) is 32.8 Å². The largest absolute Gasteiger partial charge is 0.352 e. The van der Waals surface area contributed by atoms with Crippen molar-refractivity contribution in [3.63, 3.8) is 0 Å². The Kier molecular flexibility index (Phi) is 4.86. The number of halogens is 2. The molecule has 3 aromatic rings. The summed E-state index contributed by atoms with van der Waals surface area (Å²) in [6.45, 7) is 3.52. The molecule has 0 bridgehead atoms. The van der Waals surface area contributed by atoms with Crippen LogP contribution in [0.15, 0.2) is 66.7 Å². The Bertz CT molecular complexity index is 1460. The molecule has 35 heavy (non-hydrogen) atoms. The lowest BCUT2D eigenvalue weighted by atomic mass is 9.64. The van der Waals surface area contributed by atoms with Gasteiger partial charge < -0.3 is 4.90 Å². The quantitative estimate of drug-likeness (QED) is 0.385. The molecule has 174 valence electrons. The van der Waals surface area contributed by atoms with E-state index in [1.807, 2.05) is 42.2 Å². The summed E-state index contributed by atoms with van der Waals surface area (Å²) in [6, 6.07) is 16.5. The van der Waals surface area contributed by atoms with Gasteiger partial charge in [0.15, 0.2) is 17.3 Å². The molecule has 1 spiro atoms. The van der Waals surface area contributed by atoms with Crippen molar-refractivity contribution in [2.75, 3.05) is 4.90 Å². The van der Waals surface area contributed by atoms with Gasteiger partial charge in [-0.05, 0) is 49.2 Å².